The third-order valence-electron chi connectivity index (χ3n) is 5.37. The van der Waals surface area contributed by atoms with Crippen molar-refractivity contribution in [1.82, 2.24) is 9.80 Å². The molecule has 0 spiro atoms. The minimum absolute atomic E-state index is 0.0396. The summed E-state index contributed by atoms with van der Waals surface area (Å²) in [4.78, 5) is 27.1. The van der Waals surface area contributed by atoms with Crippen LogP contribution < -0.4 is 0 Å². The highest BCUT2D eigenvalue weighted by Crippen LogP contribution is 2.10. The summed E-state index contributed by atoms with van der Waals surface area (Å²) in [5.41, 5.74) is 0. The van der Waals surface area contributed by atoms with Gasteiger partial charge in [0.1, 0.15) is 0 Å². The Hall–Kier alpha value is -3.82. The number of aliphatic hydroxyl groups is 1. The van der Waals surface area contributed by atoms with Crippen molar-refractivity contribution in [1.29, 1.82) is 0 Å². The van der Waals surface area contributed by atoms with Crippen molar-refractivity contribution in [3.63, 3.8) is 0 Å². The number of hydrogen-bond donors (Lipinski definition) is 1. The summed E-state index contributed by atoms with van der Waals surface area (Å²) in [6.07, 6.45) is 35.6. The maximum atomic E-state index is 11.9. The van der Waals surface area contributed by atoms with E-state index in [1.165, 1.54) is 19.3 Å². The van der Waals surface area contributed by atoms with Gasteiger partial charge in [-0.3, -0.25) is 14.5 Å². The molecule has 1 amide bonds. The summed E-state index contributed by atoms with van der Waals surface area (Å²) in [6, 6.07) is 0. The van der Waals surface area contributed by atoms with Crippen LogP contribution >= 0.6 is 0 Å². The molecule has 1 aliphatic heterocycles. The summed E-state index contributed by atoms with van der Waals surface area (Å²) in [5, 5.41) is 8.76. The second-order valence-electron chi connectivity index (χ2n) is 8.70. The zero-order chi connectivity index (χ0) is 30.4. The smallest absolute Gasteiger partial charge is 0.310 e. The maximum Gasteiger partial charge on any atom is 0.310 e. The Bertz CT molecular complexity index is 894. The van der Waals surface area contributed by atoms with Crippen LogP contribution in [0.3, 0.4) is 0 Å². The molecule has 0 unspecified atom stereocenters. The van der Waals surface area contributed by atoms with Crippen molar-refractivity contribution >= 4 is 11.9 Å². The second-order valence-corrected chi connectivity index (χ2v) is 8.70. The van der Waals surface area contributed by atoms with Crippen molar-refractivity contribution in [3.8, 4) is 74.1 Å². The number of carbonyl (C=O) groups excluding carboxylic acids is 2. The highest BCUT2D eigenvalue weighted by molar-refractivity contribution is 5.78. The number of nitrogens with zero attached hydrogens (tertiary/aromatic N) is 2. The van der Waals surface area contributed by atoms with Crippen molar-refractivity contribution in [2.75, 3.05) is 52.5 Å². The lowest BCUT2D eigenvalue weighted by molar-refractivity contribution is -0.148. The van der Waals surface area contributed by atoms with Crippen molar-refractivity contribution in [3.05, 3.63) is 0 Å². The van der Waals surface area contributed by atoms with Crippen molar-refractivity contribution in [2.45, 2.75) is 64.4 Å². The fraction of sp³-hybridized carbons (Fsp3) is 0.576. The molecule has 1 N–H and O–H groups in total. The Morgan fingerprint density at radius 1 is 0.825 bits per heavy atom. The van der Waals surface area contributed by atoms with Gasteiger partial charge in [0, 0.05) is 45.3 Å². The minimum Gasteiger partial charge on any atom is -0.465 e. The predicted molar refractivity (Wildman–Crippen MR) is 160 cm³/mol. The van der Waals surface area contributed by atoms with Gasteiger partial charge in [-0.05, 0) is 32.9 Å². The molecular formula is C33H44N2O5. The van der Waals surface area contributed by atoms with E-state index in [4.69, 9.17) is 53.1 Å². The van der Waals surface area contributed by atoms with Crippen LogP contribution in [0.2, 0.25) is 0 Å². The molecule has 1 rings (SSSR count). The van der Waals surface area contributed by atoms with Gasteiger partial charge in [0.2, 0.25) is 5.91 Å². The van der Waals surface area contributed by atoms with Crippen LogP contribution in [0.4, 0.5) is 0 Å². The predicted octanol–water partition coefficient (Wildman–Crippen LogP) is 2.58. The van der Waals surface area contributed by atoms with Crippen LogP contribution in [-0.2, 0) is 19.1 Å². The van der Waals surface area contributed by atoms with E-state index in [1.54, 1.807) is 4.90 Å². The van der Waals surface area contributed by atoms with Crippen LogP contribution in [0, 0.1) is 80.0 Å². The lowest BCUT2D eigenvalue weighted by Crippen LogP contribution is -2.42. The van der Waals surface area contributed by atoms with Gasteiger partial charge in [-0.2, -0.15) is 0 Å². The van der Waals surface area contributed by atoms with E-state index in [1.807, 2.05) is 6.92 Å². The average Bonchev–Trinajstić information content (AvgIpc) is 2.94. The average molecular weight is 549 g/mol. The number of ether oxygens (including phenoxy) is 2. The second kappa shape index (κ2) is 28.2. The number of amides is 1. The van der Waals surface area contributed by atoms with E-state index in [2.05, 4.69) is 40.4 Å². The first-order valence-corrected chi connectivity index (χ1v) is 13.4. The molecule has 0 radical (unpaired) electrons. The number of hydrogen-bond acceptors (Lipinski definition) is 6. The fourth-order valence-corrected chi connectivity index (χ4v) is 3.32. The van der Waals surface area contributed by atoms with Gasteiger partial charge in [-0.25, -0.2) is 0 Å². The lowest BCUT2D eigenvalue weighted by atomic mass is 10.0. The largest absolute Gasteiger partial charge is 0.465 e. The van der Waals surface area contributed by atoms with Crippen molar-refractivity contribution < 1.29 is 24.2 Å². The van der Waals surface area contributed by atoms with Crippen LogP contribution in [0.15, 0.2) is 0 Å². The summed E-state index contributed by atoms with van der Waals surface area (Å²) in [5.74, 6) is 13.7. The molecule has 0 aromatic heterocycles. The number of esters is 1. The van der Waals surface area contributed by atoms with E-state index in [-0.39, 0.29) is 17.8 Å². The fourth-order valence-electron chi connectivity index (χ4n) is 3.32. The number of terminal acetylenes is 6. The molecule has 0 aromatic carbocycles. The lowest BCUT2D eigenvalue weighted by Gasteiger charge is -2.28. The molecule has 0 aromatic rings. The third kappa shape index (κ3) is 22.2. The Morgan fingerprint density at radius 2 is 1.35 bits per heavy atom. The monoisotopic (exact) mass is 548 g/mol. The molecule has 1 fully saturated rings. The number of likely N-dealkylation sites (tertiary alicyclic amines) is 1. The molecule has 0 saturated carbocycles. The van der Waals surface area contributed by atoms with Crippen LogP contribution in [0.1, 0.15) is 58.3 Å². The molecule has 0 aliphatic carbocycles. The van der Waals surface area contributed by atoms with E-state index >= 15 is 0 Å². The molecule has 1 saturated heterocycles. The van der Waals surface area contributed by atoms with Crippen LogP contribution in [0.5, 0.6) is 0 Å². The summed E-state index contributed by atoms with van der Waals surface area (Å²) < 4.78 is 10.2. The molecule has 40 heavy (non-hydrogen) atoms. The molecule has 0 atom stereocenters. The molecule has 7 nitrogen and oxygen atoms in total. The first-order valence-electron chi connectivity index (χ1n) is 13.4. The van der Waals surface area contributed by atoms with Crippen molar-refractivity contribution in [2.24, 2.45) is 5.92 Å². The molecule has 216 valence electrons. The van der Waals surface area contributed by atoms with Crippen LogP contribution in [0.25, 0.3) is 0 Å². The maximum absolute atomic E-state index is 11.9. The number of rotatable bonds is 14. The molecule has 0 bridgehead atoms. The highest BCUT2D eigenvalue weighted by atomic mass is 16.5. The third-order valence-corrected chi connectivity index (χ3v) is 5.37. The van der Waals surface area contributed by atoms with Crippen LogP contribution in [-0.4, -0.2) is 85.4 Å². The number of carbonyl (C=O) groups is 2. The summed E-state index contributed by atoms with van der Waals surface area (Å²) >= 11 is 0. The van der Waals surface area contributed by atoms with E-state index in [9.17, 15) is 9.59 Å². The van der Waals surface area contributed by atoms with Gasteiger partial charge in [0.05, 0.1) is 38.3 Å². The Balaban J connectivity index is 0. The van der Waals surface area contributed by atoms with E-state index in [0.29, 0.717) is 71.6 Å². The van der Waals surface area contributed by atoms with Gasteiger partial charge in [-0.15, -0.1) is 62.2 Å². The van der Waals surface area contributed by atoms with Gasteiger partial charge in [0.25, 0.3) is 0 Å². The summed E-state index contributed by atoms with van der Waals surface area (Å²) in [6.45, 7) is 6.60. The highest BCUT2D eigenvalue weighted by Gasteiger charge is 2.18. The van der Waals surface area contributed by atoms with Gasteiger partial charge >= 0.3 is 5.97 Å². The summed E-state index contributed by atoms with van der Waals surface area (Å²) in [7, 11) is 0. The van der Waals surface area contributed by atoms with Gasteiger partial charge < -0.3 is 19.5 Å². The standard InChI is InChI=1S/C13H18N2O.C13H18O3.C7H8O/c1-3-8-15(9-4-2)13(16)12-14-10-6-5-7-11-14;1-4-8-12(9-5-2)13(14)16-11-7-10-15-6-3;1-3-5-7(8)6-4-2/h1-2H,5-12H2;1-2,12H,6-11H2,3H3;1-2,7-8H,5-6H2. The quantitative estimate of drug-likeness (QED) is 0.204. The first kappa shape index (κ1) is 38.3. The molecular weight excluding hydrogens is 504 g/mol. The SMILES string of the molecule is C#CCC(CC#C)C(=O)OCCCOCC.C#CCC(O)CC#C.C#CCN(CC#C)C(=O)CN1CCCCC1. The number of piperidine rings is 1. The molecule has 1 aliphatic rings. The Labute approximate surface area is 242 Å². The molecule has 1 heterocycles. The normalized spacial score (nSPS) is 11.8. The zero-order valence-corrected chi connectivity index (χ0v) is 23.9. The molecule has 7 heteroatoms. The minimum atomic E-state index is -0.509. The Morgan fingerprint density at radius 3 is 1.80 bits per heavy atom. The first-order chi connectivity index (χ1) is 19.3. The van der Waals surface area contributed by atoms with Gasteiger partial charge in [-0.1, -0.05) is 18.3 Å². The Kier molecular flexibility index (Phi) is 27.0. The van der Waals surface area contributed by atoms with E-state index in [0.717, 1.165) is 13.1 Å². The number of aliphatic hydroxyl groups excluding tert-OH is 1. The topological polar surface area (TPSA) is 79.3 Å². The zero-order valence-electron chi connectivity index (χ0n) is 23.9. The van der Waals surface area contributed by atoms with Gasteiger partial charge in [0.15, 0.2) is 0 Å². The van der Waals surface area contributed by atoms with E-state index < -0.39 is 6.10 Å².